The third kappa shape index (κ3) is 5.41. The minimum atomic E-state index is 0.512. The highest BCUT2D eigenvalue weighted by molar-refractivity contribution is 4.87. The molecule has 2 aliphatic carbocycles. The molecule has 0 amide bonds. The van der Waals surface area contributed by atoms with Crippen LogP contribution in [0.2, 0.25) is 0 Å². The first-order valence-electron chi connectivity index (χ1n) is 8.15. The van der Waals surface area contributed by atoms with Gasteiger partial charge in [-0.05, 0) is 51.1 Å². The minimum absolute atomic E-state index is 0.512. The van der Waals surface area contributed by atoms with E-state index in [-0.39, 0.29) is 0 Å². The first-order valence-corrected chi connectivity index (χ1v) is 8.15. The third-order valence-corrected chi connectivity index (χ3v) is 4.74. The first-order chi connectivity index (χ1) is 9.24. The van der Waals surface area contributed by atoms with E-state index >= 15 is 0 Å². The number of hydrogen-bond acceptors (Lipinski definition) is 3. The van der Waals surface area contributed by atoms with Gasteiger partial charge in [-0.3, -0.25) is 0 Å². The Kier molecular flexibility index (Phi) is 6.11. The Labute approximate surface area is 119 Å². The molecule has 3 heteroatoms. The zero-order valence-electron chi connectivity index (χ0n) is 12.9. The van der Waals surface area contributed by atoms with E-state index in [1.807, 2.05) is 0 Å². The first kappa shape index (κ1) is 15.3. The fourth-order valence-corrected chi connectivity index (χ4v) is 3.47. The Morgan fingerprint density at radius 2 is 1.95 bits per heavy atom. The predicted molar refractivity (Wildman–Crippen MR) is 80.5 cm³/mol. The zero-order valence-corrected chi connectivity index (χ0v) is 12.9. The number of hydrogen-bond donors (Lipinski definition) is 1. The van der Waals surface area contributed by atoms with Gasteiger partial charge in [0.2, 0.25) is 0 Å². The van der Waals surface area contributed by atoms with E-state index in [4.69, 9.17) is 4.74 Å². The van der Waals surface area contributed by atoms with Crippen molar-refractivity contribution in [1.29, 1.82) is 0 Å². The Morgan fingerprint density at radius 3 is 2.58 bits per heavy atom. The second-order valence-corrected chi connectivity index (χ2v) is 6.85. The molecule has 2 fully saturated rings. The summed E-state index contributed by atoms with van der Waals surface area (Å²) < 4.78 is 5.75. The van der Waals surface area contributed by atoms with E-state index in [9.17, 15) is 0 Å². The van der Waals surface area contributed by atoms with Crippen molar-refractivity contribution in [2.24, 2.45) is 11.3 Å². The maximum atomic E-state index is 5.75. The van der Waals surface area contributed by atoms with Crippen LogP contribution in [0.3, 0.4) is 0 Å². The zero-order chi connectivity index (χ0) is 13.6. The summed E-state index contributed by atoms with van der Waals surface area (Å²) in [5.41, 5.74) is 0.512. The van der Waals surface area contributed by atoms with Crippen molar-refractivity contribution in [2.45, 2.75) is 44.9 Å². The molecule has 19 heavy (non-hydrogen) atoms. The molecule has 3 nitrogen and oxygen atoms in total. The van der Waals surface area contributed by atoms with Crippen LogP contribution in [0, 0.1) is 11.3 Å². The van der Waals surface area contributed by atoms with Crippen LogP contribution >= 0.6 is 0 Å². The molecule has 0 aromatic heterocycles. The van der Waals surface area contributed by atoms with E-state index in [0.717, 1.165) is 25.7 Å². The third-order valence-electron chi connectivity index (χ3n) is 4.74. The summed E-state index contributed by atoms with van der Waals surface area (Å²) in [7, 11) is 4.35. The molecule has 0 heterocycles. The second-order valence-electron chi connectivity index (χ2n) is 6.85. The molecule has 0 atom stereocenters. The summed E-state index contributed by atoms with van der Waals surface area (Å²) in [6, 6.07) is 0. The second kappa shape index (κ2) is 7.61. The molecule has 2 saturated carbocycles. The summed E-state index contributed by atoms with van der Waals surface area (Å²) in [6.45, 7) is 5.37. The number of nitrogens with one attached hydrogen (secondary N) is 1. The van der Waals surface area contributed by atoms with Gasteiger partial charge in [-0.25, -0.2) is 0 Å². The van der Waals surface area contributed by atoms with Gasteiger partial charge in [0.25, 0.3) is 0 Å². The van der Waals surface area contributed by atoms with Crippen LogP contribution in [0.25, 0.3) is 0 Å². The van der Waals surface area contributed by atoms with Crippen LogP contribution < -0.4 is 5.32 Å². The highest BCUT2D eigenvalue weighted by atomic mass is 16.5. The number of nitrogens with zero attached hydrogens (tertiary/aromatic N) is 1. The van der Waals surface area contributed by atoms with E-state index < -0.39 is 0 Å². The lowest BCUT2D eigenvalue weighted by molar-refractivity contribution is 0.0735. The average molecular weight is 268 g/mol. The van der Waals surface area contributed by atoms with Gasteiger partial charge in [0.15, 0.2) is 0 Å². The van der Waals surface area contributed by atoms with E-state index in [2.05, 4.69) is 24.3 Å². The van der Waals surface area contributed by atoms with Crippen molar-refractivity contribution in [3.05, 3.63) is 0 Å². The molecule has 0 bridgehead atoms. The highest BCUT2D eigenvalue weighted by Gasteiger charge is 2.32. The van der Waals surface area contributed by atoms with Crippen molar-refractivity contribution in [1.82, 2.24) is 10.2 Å². The molecule has 1 N–H and O–H groups in total. The van der Waals surface area contributed by atoms with E-state index in [0.29, 0.717) is 5.41 Å². The maximum Gasteiger partial charge on any atom is 0.0593 e. The molecule has 0 aromatic rings. The maximum absolute atomic E-state index is 5.75. The van der Waals surface area contributed by atoms with Crippen LogP contribution in [0.1, 0.15) is 44.9 Å². The summed E-state index contributed by atoms with van der Waals surface area (Å²) in [5.74, 6) is 0.888. The van der Waals surface area contributed by atoms with Gasteiger partial charge in [-0.1, -0.05) is 19.3 Å². The van der Waals surface area contributed by atoms with Gasteiger partial charge in [0, 0.05) is 26.2 Å². The van der Waals surface area contributed by atoms with Gasteiger partial charge < -0.3 is 15.0 Å². The number of ether oxygens (including phenoxy) is 1. The summed E-state index contributed by atoms with van der Waals surface area (Å²) >= 11 is 0. The molecule has 0 aromatic carbocycles. The van der Waals surface area contributed by atoms with Crippen molar-refractivity contribution < 1.29 is 4.74 Å². The van der Waals surface area contributed by atoms with E-state index in [1.165, 1.54) is 58.0 Å². The lowest BCUT2D eigenvalue weighted by Crippen LogP contribution is -2.44. The molecular weight excluding hydrogens is 236 g/mol. The topological polar surface area (TPSA) is 24.5 Å². The lowest BCUT2D eigenvalue weighted by Gasteiger charge is -2.40. The van der Waals surface area contributed by atoms with E-state index in [1.54, 1.807) is 0 Å². The SMILES string of the molecule is CNCC1(CN(C)CCOCC2CC2)CCCCC1. The Morgan fingerprint density at radius 1 is 1.21 bits per heavy atom. The number of likely N-dealkylation sites (N-methyl/N-ethyl adjacent to an activating group) is 1. The molecule has 0 radical (unpaired) electrons. The molecule has 0 saturated heterocycles. The monoisotopic (exact) mass is 268 g/mol. The molecule has 2 rings (SSSR count). The quantitative estimate of drug-likeness (QED) is 0.650. The van der Waals surface area contributed by atoms with Gasteiger partial charge in [-0.15, -0.1) is 0 Å². The fraction of sp³-hybridized carbons (Fsp3) is 1.00. The van der Waals surface area contributed by atoms with Crippen molar-refractivity contribution >= 4 is 0 Å². The van der Waals surface area contributed by atoms with Gasteiger partial charge in [0.1, 0.15) is 0 Å². The normalized spacial score (nSPS) is 22.9. The van der Waals surface area contributed by atoms with Crippen LogP contribution in [0.15, 0.2) is 0 Å². The highest BCUT2D eigenvalue weighted by Crippen LogP contribution is 2.36. The predicted octanol–water partition coefficient (Wildman–Crippen LogP) is 2.51. The van der Waals surface area contributed by atoms with Crippen molar-refractivity contribution in [2.75, 3.05) is 46.9 Å². The van der Waals surface area contributed by atoms with Crippen LogP contribution in [-0.4, -0.2) is 51.8 Å². The van der Waals surface area contributed by atoms with Gasteiger partial charge >= 0.3 is 0 Å². The lowest BCUT2D eigenvalue weighted by atomic mass is 9.73. The average Bonchev–Trinajstić information content (AvgIpc) is 3.20. The number of rotatable bonds is 9. The molecule has 112 valence electrons. The Bertz CT molecular complexity index is 242. The van der Waals surface area contributed by atoms with Crippen LogP contribution in [0.4, 0.5) is 0 Å². The summed E-state index contributed by atoms with van der Waals surface area (Å²) in [5, 5.41) is 3.42. The van der Waals surface area contributed by atoms with Gasteiger partial charge in [0.05, 0.1) is 6.61 Å². The van der Waals surface area contributed by atoms with Crippen molar-refractivity contribution in [3.8, 4) is 0 Å². The Balaban J connectivity index is 1.66. The molecule has 0 unspecified atom stereocenters. The Hall–Kier alpha value is -0.120. The molecule has 0 spiro atoms. The van der Waals surface area contributed by atoms with Crippen LogP contribution in [-0.2, 0) is 4.74 Å². The minimum Gasteiger partial charge on any atom is -0.380 e. The smallest absolute Gasteiger partial charge is 0.0593 e. The molecular formula is C16H32N2O. The summed E-state index contributed by atoms with van der Waals surface area (Å²) in [6.07, 6.45) is 9.81. The standard InChI is InChI=1S/C16H32N2O/c1-17-13-16(8-4-3-5-9-16)14-18(2)10-11-19-12-15-6-7-15/h15,17H,3-14H2,1-2H3. The van der Waals surface area contributed by atoms with Crippen LogP contribution in [0.5, 0.6) is 0 Å². The fourth-order valence-electron chi connectivity index (χ4n) is 3.47. The summed E-state index contributed by atoms with van der Waals surface area (Å²) in [4.78, 5) is 2.48. The van der Waals surface area contributed by atoms with Gasteiger partial charge in [-0.2, -0.15) is 0 Å². The molecule has 0 aliphatic heterocycles. The van der Waals surface area contributed by atoms with Crippen molar-refractivity contribution in [3.63, 3.8) is 0 Å². The molecule has 2 aliphatic rings. The largest absolute Gasteiger partial charge is 0.380 e.